The van der Waals surface area contributed by atoms with Gasteiger partial charge < -0.3 is 19.1 Å². The zero-order valence-corrected chi connectivity index (χ0v) is 17.7. The lowest BCUT2D eigenvalue weighted by Crippen LogP contribution is -2.56. The molecule has 28 heavy (non-hydrogen) atoms. The number of amides is 1. The minimum atomic E-state index is -0.785. The Morgan fingerprint density at radius 1 is 1.18 bits per heavy atom. The zero-order chi connectivity index (χ0) is 20.8. The molecule has 0 radical (unpaired) electrons. The maximum absolute atomic E-state index is 12.8. The Kier molecular flexibility index (Phi) is 7.47. The number of methoxy groups -OCH3 is 2. The third kappa shape index (κ3) is 5.47. The molecule has 6 nitrogen and oxygen atoms in total. The summed E-state index contributed by atoms with van der Waals surface area (Å²) in [7, 11) is 3.01. The smallest absolute Gasteiger partial charge is 0.410 e. The molecular weight excluding hydrogens is 358 g/mol. The fourth-order valence-electron chi connectivity index (χ4n) is 3.77. The molecule has 0 unspecified atom stereocenters. The highest BCUT2D eigenvalue weighted by Crippen LogP contribution is 2.44. The molecular formula is C22H33NO5. The van der Waals surface area contributed by atoms with E-state index >= 15 is 0 Å². The van der Waals surface area contributed by atoms with Gasteiger partial charge in [0.05, 0.1) is 12.5 Å². The van der Waals surface area contributed by atoms with Gasteiger partial charge in [0.2, 0.25) is 0 Å². The number of carbonyl (C=O) groups is 2. The Bertz CT molecular complexity index is 655. The monoisotopic (exact) mass is 391 g/mol. The largest absolute Gasteiger partial charge is 0.469 e. The van der Waals surface area contributed by atoms with E-state index in [1.165, 1.54) is 7.11 Å². The maximum atomic E-state index is 12.8. The molecule has 1 fully saturated rings. The summed E-state index contributed by atoms with van der Waals surface area (Å²) >= 11 is 0. The number of nitrogens with zero attached hydrogens (tertiary/aromatic N) is 1. The number of rotatable bonds is 6. The van der Waals surface area contributed by atoms with Gasteiger partial charge >= 0.3 is 12.1 Å². The number of carbonyl (C=O) groups excluding carboxylic acids is 2. The van der Waals surface area contributed by atoms with Crippen LogP contribution in [0.25, 0.3) is 0 Å². The van der Waals surface area contributed by atoms with Gasteiger partial charge in [-0.1, -0.05) is 51.1 Å². The second-order valence-electron chi connectivity index (χ2n) is 8.70. The second kappa shape index (κ2) is 9.41. The molecule has 0 N–H and O–H groups in total. The highest BCUT2D eigenvalue weighted by Gasteiger charge is 2.50. The molecule has 1 aromatic rings. The summed E-state index contributed by atoms with van der Waals surface area (Å²) in [6.07, 6.45) is 0.767. The SMILES string of the molecule is COCC[C@@]1(C(=O)OC)C[C@@H](C(C)(C)C)CN(C(=O)OCc2ccccc2)C1. The fourth-order valence-corrected chi connectivity index (χ4v) is 3.77. The molecule has 6 heteroatoms. The number of piperidine rings is 1. The first-order valence-corrected chi connectivity index (χ1v) is 9.75. The average molecular weight is 392 g/mol. The van der Waals surface area contributed by atoms with Gasteiger partial charge in [0.25, 0.3) is 0 Å². The van der Waals surface area contributed by atoms with Gasteiger partial charge in [-0.25, -0.2) is 4.79 Å². The third-order valence-corrected chi connectivity index (χ3v) is 5.66. The first-order valence-electron chi connectivity index (χ1n) is 9.75. The summed E-state index contributed by atoms with van der Waals surface area (Å²) in [5.74, 6) is -0.152. The quantitative estimate of drug-likeness (QED) is 0.689. The van der Waals surface area contributed by atoms with E-state index in [4.69, 9.17) is 14.2 Å². The Morgan fingerprint density at radius 3 is 2.43 bits per heavy atom. The zero-order valence-electron chi connectivity index (χ0n) is 17.7. The molecule has 0 spiro atoms. The van der Waals surface area contributed by atoms with Crippen LogP contribution in [0.4, 0.5) is 4.79 Å². The van der Waals surface area contributed by atoms with E-state index in [0.29, 0.717) is 26.0 Å². The highest BCUT2D eigenvalue weighted by molar-refractivity contribution is 5.78. The lowest BCUT2D eigenvalue weighted by Gasteiger charge is -2.47. The van der Waals surface area contributed by atoms with Crippen molar-refractivity contribution < 1.29 is 23.8 Å². The predicted octanol–water partition coefficient (Wildman–Crippen LogP) is 3.89. The van der Waals surface area contributed by atoms with Crippen LogP contribution >= 0.6 is 0 Å². The summed E-state index contributed by atoms with van der Waals surface area (Å²) in [5, 5.41) is 0. The van der Waals surface area contributed by atoms with Crippen molar-refractivity contribution in [1.29, 1.82) is 0 Å². The Hall–Kier alpha value is -2.08. The summed E-state index contributed by atoms with van der Waals surface area (Å²) in [6, 6.07) is 9.57. The lowest BCUT2D eigenvalue weighted by atomic mass is 9.66. The lowest BCUT2D eigenvalue weighted by molar-refractivity contribution is -0.160. The van der Waals surface area contributed by atoms with Gasteiger partial charge in [-0.15, -0.1) is 0 Å². The van der Waals surface area contributed by atoms with Crippen LogP contribution < -0.4 is 0 Å². The van der Waals surface area contributed by atoms with Crippen molar-refractivity contribution in [3.8, 4) is 0 Å². The number of likely N-dealkylation sites (tertiary alicyclic amines) is 1. The van der Waals surface area contributed by atoms with Crippen LogP contribution in [0, 0.1) is 16.7 Å². The third-order valence-electron chi connectivity index (χ3n) is 5.66. The average Bonchev–Trinajstić information content (AvgIpc) is 2.69. The number of benzene rings is 1. The normalized spacial score (nSPS) is 22.6. The fraction of sp³-hybridized carbons (Fsp3) is 0.636. The van der Waals surface area contributed by atoms with Crippen LogP contribution in [0.2, 0.25) is 0 Å². The summed E-state index contributed by atoms with van der Waals surface area (Å²) in [5.41, 5.74) is 0.0797. The van der Waals surface area contributed by atoms with E-state index in [-0.39, 0.29) is 30.5 Å². The molecule has 156 valence electrons. The van der Waals surface area contributed by atoms with E-state index in [1.807, 2.05) is 30.3 Å². The Balaban J connectivity index is 2.21. The van der Waals surface area contributed by atoms with Crippen molar-refractivity contribution in [2.24, 2.45) is 16.7 Å². The molecule has 1 aromatic carbocycles. The second-order valence-corrected chi connectivity index (χ2v) is 8.70. The Morgan fingerprint density at radius 2 is 1.86 bits per heavy atom. The molecule has 0 bridgehead atoms. The number of ether oxygens (including phenoxy) is 3. The highest BCUT2D eigenvalue weighted by atomic mass is 16.6. The van der Waals surface area contributed by atoms with Gasteiger partial charge in [0, 0.05) is 26.8 Å². The van der Waals surface area contributed by atoms with Crippen LogP contribution in [-0.2, 0) is 25.6 Å². The molecule has 0 saturated carbocycles. The number of esters is 1. The van der Waals surface area contributed by atoms with Crippen molar-refractivity contribution >= 4 is 12.1 Å². The molecule has 1 amide bonds. The van der Waals surface area contributed by atoms with E-state index < -0.39 is 11.5 Å². The maximum Gasteiger partial charge on any atom is 0.410 e. The molecule has 0 aromatic heterocycles. The summed E-state index contributed by atoms with van der Waals surface area (Å²) < 4.78 is 15.9. The van der Waals surface area contributed by atoms with Gasteiger partial charge in [0.1, 0.15) is 6.61 Å². The van der Waals surface area contributed by atoms with E-state index in [0.717, 1.165) is 5.56 Å². The van der Waals surface area contributed by atoms with Gasteiger partial charge in [-0.05, 0) is 29.7 Å². The van der Waals surface area contributed by atoms with Crippen molar-refractivity contribution in [2.75, 3.05) is 33.9 Å². The first kappa shape index (κ1) is 22.2. The number of hydrogen-bond donors (Lipinski definition) is 0. The van der Waals surface area contributed by atoms with Crippen LogP contribution in [-0.4, -0.2) is 50.9 Å². The topological polar surface area (TPSA) is 65.1 Å². The Labute approximate surface area is 168 Å². The molecule has 1 aliphatic heterocycles. The minimum Gasteiger partial charge on any atom is -0.469 e. The molecule has 2 atom stereocenters. The van der Waals surface area contributed by atoms with Crippen LogP contribution in [0.3, 0.4) is 0 Å². The number of hydrogen-bond acceptors (Lipinski definition) is 5. The van der Waals surface area contributed by atoms with Crippen molar-refractivity contribution in [2.45, 2.75) is 40.2 Å². The minimum absolute atomic E-state index is 0.0648. The first-order chi connectivity index (χ1) is 13.2. The van der Waals surface area contributed by atoms with Gasteiger partial charge in [0.15, 0.2) is 0 Å². The molecule has 0 aliphatic carbocycles. The van der Waals surface area contributed by atoms with Gasteiger partial charge in [-0.2, -0.15) is 0 Å². The van der Waals surface area contributed by atoms with Gasteiger partial charge in [-0.3, -0.25) is 4.79 Å². The predicted molar refractivity (Wildman–Crippen MR) is 107 cm³/mol. The molecule has 1 heterocycles. The summed E-state index contributed by atoms with van der Waals surface area (Å²) in [6.45, 7) is 7.88. The van der Waals surface area contributed by atoms with E-state index in [1.54, 1.807) is 12.0 Å². The molecule has 2 rings (SSSR count). The standard InChI is InChI=1S/C22H33NO5/c1-21(2,3)18-13-22(11-12-26-4,19(24)27-5)16-23(14-18)20(25)28-15-17-9-7-6-8-10-17/h6-10,18H,11-16H2,1-5H3/t18-,22-/m1/s1. The van der Waals surface area contributed by atoms with Crippen molar-refractivity contribution in [3.05, 3.63) is 35.9 Å². The van der Waals surface area contributed by atoms with Crippen molar-refractivity contribution in [3.63, 3.8) is 0 Å². The molecule has 1 saturated heterocycles. The van der Waals surface area contributed by atoms with Crippen LogP contribution in [0.1, 0.15) is 39.2 Å². The van der Waals surface area contributed by atoms with Crippen molar-refractivity contribution in [1.82, 2.24) is 4.90 Å². The molecule has 1 aliphatic rings. The van der Waals surface area contributed by atoms with E-state index in [2.05, 4.69) is 20.8 Å². The van der Waals surface area contributed by atoms with Crippen LogP contribution in [0.5, 0.6) is 0 Å². The van der Waals surface area contributed by atoms with E-state index in [9.17, 15) is 9.59 Å². The summed E-state index contributed by atoms with van der Waals surface area (Å²) in [4.78, 5) is 27.3. The van der Waals surface area contributed by atoms with Crippen LogP contribution in [0.15, 0.2) is 30.3 Å².